The maximum Gasteiger partial charge on any atom is 0.472 e. The van der Waals surface area contributed by atoms with Crippen molar-refractivity contribution in [2.75, 3.05) is 19.8 Å². The number of carbonyl (C=O) groups is 3. The Kier molecular flexibility index (Phi) is 33.3. The SMILES string of the molecule is CCCCC/C=C\CC1OC1CCCCCCCC(=O)O[C@H](COC(=O)CCCCCCCCC/C=C\CCCCCCCC)COP(=O)(O)OC[C@H](N)C(=O)O. The zero-order valence-electron chi connectivity index (χ0n) is 35.6. The summed E-state index contributed by atoms with van der Waals surface area (Å²) in [6.45, 7) is 2.75. The third-order valence-electron chi connectivity index (χ3n) is 10.1. The minimum absolute atomic E-state index is 0.138. The predicted octanol–water partition coefficient (Wildman–Crippen LogP) is 10.8. The number of hydrogen-bond donors (Lipinski definition) is 3. The van der Waals surface area contributed by atoms with Crippen molar-refractivity contribution in [3.8, 4) is 0 Å². The highest BCUT2D eigenvalue weighted by Gasteiger charge is 2.36. The number of epoxide rings is 1. The Morgan fingerprint density at radius 1 is 0.632 bits per heavy atom. The number of nitrogens with two attached hydrogens (primary N) is 1. The fraction of sp³-hybridized carbons (Fsp3) is 0.841. The summed E-state index contributed by atoms with van der Waals surface area (Å²) in [5, 5.41) is 8.90. The van der Waals surface area contributed by atoms with E-state index in [0.717, 1.165) is 70.6 Å². The van der Waals surface area contributed by atoms with Crippen molar-refractivity contribution in [2.24, 2.45) is 5.73 Å². The van der Waals surface area contributed by atoms with Crippen LogP contribution in [0.15, 0.2) is 24.3 Å². The van der Waals surface area contributed by atoms with E-state index in [4.69, 9.17) is 29.6 Å². The van der Waals surface area contributed by atoms with Gasteiger partial charge in [0.2, 0.25) is 0 Å². The average molecular weight is 830 g/mol. The molecule has 0 spiro atoms. The molecular formula is C44H80NO11P. The molecule has 1 aliphatic rings. The first-order valence-electron chi connectivity index (χ1n) is 22.5. The van der Waals surface area contributed by atoms with E-state index in [1.54, 1.807) is 0 Å². The summed E-state index contributed by atoms with van der Waals surface area (Å²) in [4.78, 5) is 46.0. The van der Waals surface area contributed by atoms with E-state index in [1.165, 1.54) is 83.5 Å². The predicted molar refractivity (Wildman–Crippen MR) is 226 cm³/mol. The fourth-order valence-electron chi connectivity index (χ4n) is 6.42. The molecule has 5 atom stereocenters. The van der Waals surface area contributed by atoms with Gasteiger partial charge < -0.3 is 29.9 Å². The van der Waals surface area contributed by atoms with Gasteiger partial charge in [-0.1, -0.05) is 141 Å². The molecular weight excluding hydrogens is 749 g/mol. The lowest BCUT2D eigenvalue weighted by Gasteiger charge is -2.20. The first kappa shape index (κ1) is 52.9. The van der Waals surface area contributed by atoms with Crippen LogP contribution in [0.2, 0.25) is 0 Å². The van der Waals surface area contributed by atoms with Gasteiger partial charge in [0, 0.05) is 12.8 Å². The number of phosphoric ester groups is 1. The van der Waals surface area contributed by atoms with Crippen molar-refractivity contribution in [1.29, 1.82) is 0 Å². The van der Waals surface area contributed by atoms with Crippen LogP contribution >= 0.6 is 7.82 Å². The number of carboxylic acids is 1. The van der Waals surface area contributed by atoms with E-state index >= 15 is 0 Å². The smallest absolute Gasteiger partial charge is 0.472 e. The van der Waals surface area contributed by atoms with Gasteiger partial charge in [-0.15, -0.1) is 0 Å². The number of carboxylic acid groups (broad SMARTS) is 1. The highest BCUT2D eigenvalue weighted by Crippen LogP contribution is 2.43. The monoisotopic (exact) mass is 830 g/mol. The normalized spacial score (nSPS) is 17.5. The molecule has 0 aromatic rings. The van der Waals surface area contributed by atoms with Crippen LogP contribution in [0, 0.1) is 0 Å². The van der Waals surface area contributed by atoms with Crippen molar-refractivity contribution in [1.82, 2.24) is 0 Å². The lowest BCUT2D eigenvalue weighted by atomic mass is 10.1. The zero-order valence-corrected chi connectivity index (χ0v) is 36.5. The lowest BCUT2D eigenvalue weighted by Crippen LogP contribution is -2.34. The van der Waals surface area contributed by atoms with E-state index in [0.29, 0.717) is 25.0 Å². The van der Waals surface area contributed by atoms with Crippen LogP contribution in [-0.2, 0) is 42.2 Å². The summed E-state index contributed by atoms with van der Waals surface area (Å²) in [6, 6.07) is -1.53. The second-order valence-electron chi connectivity index (χ2n) is 15.6. The third-order valence-corrected chi connectivity index (χ3v) is 11.0. The number of hydrogen-bond acceptors (Lipinski definition) is 10. The molecule has 57 heavy (non-hydrogen) atoms. The van der Waals surface area contributed by atoms with Crippen molar-refractivity contribution >= 4 is 25.7 Å². The zero-order chi connectivity index (χ0) is 41.8. The number of rotatable bonds is 41. The molecule has 1 heterocycles. The molecule has 0 bridgehead atoms. The minimum Gasteiger partial charge on any atom is -0.480 e. The molecule has 0 aromatic carbocycles. The average Bonchev–Trinajstić information content (AvgIpc) is 3.94. The van der Waals surface area contributed by atoms with Crippen LogP contribution < -0.4 is 5.73 Å². The number of ether oxygens (including phenoxy) is 3. The number of esters is 2. The van der Waals surface area contributed by atoms with Crippen LogP contribution in [0.4, 0.5) is 0 Å². The van der Waals surface area contributed by atoms with Gasteiger partial charge in [0.25, 0.3) is 0 Å². The summed E-state index contributed by atoms with van der Waals surface area (Å²) >= 11 is 0. The summed E-state index contributed by atoms with van der Waals surface area (Å²) < 4.78 is 38.5. The van der Waals surface area contributed by atoms with Gasteiger partial charge in [-0.25, -0.2) is 4.57 Å². The molecule has 0 saturated carbocycles. The number of aliphatic carboxylic acids is 1. The van der Waals surface area contributed by atoms with Crippen molar-refractivity contribution in [2.45, 2.75) is 218 Å². The number of allylic oxidation sites excluding steroid dienone is 3. The van der Waals surface area contributed by atoms with Gasteiger partial charge in [-0.05, 0) is 64.2 Å². The molecule has 1 fully saturated rings. The molecule has 0 aliphatic carbocycles. The van der Waals surface area contributed by atoms with E-state index in [2.05, 4.69) is 42.7 Å². The van der Waals surface area contributed by atoms with Crippen molar-refractivity contribution in [3.05, 3.63) is 24.3 Å². The summed E-state index contributed by atoms with van der Waals surface area (Å²) in [7, 11) is -4.72. The van der Waals surface area contributed by atoms with Crippen LogP contribution in [0.25, 0.3) is 0 Å². The summed E-state index contributed by atoms with van der Waals surface area (Å²) in [5.41, 5.74) is 5.34. The van der Waals surface area contributed by atoms with E-state index in [1.807, 2.05) is 0 Å². The lowest BCUT2D eigenvalue weighted by molar-refractivity contribution is -0.161. The Bertz CT molecular complexity index is 1130. The van der Waals surface area contributed by atoms with Gasteiger partial charge in [0.1, 0.15) is 12.6 Å². The first-order chi connectivity index (χ1) is 27.6. The van der Waals surface area contributed by atoms with Crippen molar-refractivity contribution in [3.63, 3.8) is 0 Å². The highest BCUT2D eigenvalue weighted by molar-refractivity contribution is 7.47. The maximum atomic E-state index is 12.7. The van der Waals surface area contributed by atoms with Crippen LogP contribution in [0.5, 0.6) is 0 Å². The van der Waals surface area contributed by atoms with Gasteiger partial charge in [0.15, 0.2) is 6.10 Å². The third kappa shape index (κ3) is 33.4. The molecule has 0 radical (unpaired) electrons. The Labute approximate surface area is 345 Å². The second kappa shape index (κ2) is 35.8. The van der Waals surface area contributed by atoms with Gasteiger partial charge in [-0.3, -0.25) is 23.4 Å². The van der Waals surface area contributed by atoms with E-state index < -0.39 is 51.1 Å². The quantitative estimate of drug-likeness (QED) is 0.0174. The standard InChI is InChI=1S/C44H80NO11P/c1-3-5-7-9-11-12-13-14-15-16-17-18-19-20-21-25-29-33-42(46)52-35-38(36-53-57(50,51)54-37-39(45)44(48)49)55-43(47)34-30-26-22-24-28-32-41-40(56-41)31-27-23-10-8-6-4-2/h14-15,23,27,38-41H,3-13,16-22,24-26,28-37,45H2,1-2H3,(H,48,49)(H,50,51)/b15-14-,27-23-/t38-,39+,40?,41?/m1/s1. The molecule has 3 unspecified atom stereocenters. The highest BCUT2D eigenvalue weighted by atomic mass is 31.2. The molecule has 1 saturated heterocycles. The summed E-state index contributed by atoms with van der Waals surface area (Å²) in [5.74, 6) is -2.41. The van der Waals surface area contributed by atoms with Crippen LogP contribution in [0.3, 0.4) is 0 Å². The Balaban J connectivity index is 2.27. The molecule has 4 N–H and O–H groups in total. The van der Waals surface area contributed by atoms with Gasteiger partial charge in [-0.2, -0.15) is 0 Å². The number of carbonyl (C=O) groups excluding carboxylic acids is 2. The second-order valence-corrected chi connectivity index (χ2v) is 17.0. The number of phosphoric acid groups is 1. The largest absolute Gasteiger partial charge is 0.480 e. The molecule has 0 aromatic heterocycles. The van der Waals surface area contributed by atoms with Crippen molar-refractivity contribution < 1.29 is 52.2 Å². The minimum atomic E-state index is -4.72. The Hall–Kier alpha value is -2.08. The topological polar surface area (TPSA) is 184 Å². The molecule has 332 valence electrons. The van der Waals surface area contributed by atoms with E-state index in [-0.39, 0.29) is 19.4 Å². The van der Waals surface area contributed by atoms with Gasteiger partial charge >= 0.3 is 25.7 Å². The van der Waals surface area contributed by atoms with Gasteiger partial charge in [0.05, 0.1) is 25.4 Å². The molecule has 1 aliphatic heterocycles. The molecule has 13 heteroatoms. The maximum absolute atomic E-state index is 12.7. The number of unbranched alkanes of at least 4 members (excludes halogenated alkanes) is 20. The molecule has 1 rings (SSSR count). The summed E-state index contributed by atoms with van der Waals surface area (Å²) in [6.07, 6.45) is 38.3. The Morgan fingerprint density at radius 2 is 1.11 bits per heavy atom. The van der Waals surface area contributed by atoms with Crippen LogP contribution in [-0.4, -0.2) is 72.1 Å². The first-order valence-corrected chi connectivity index (χ1v) is 24.0. The van der Waals surface area contributed by atoms with Crippen LogP contribution in [0.1, 0.15) is 194 Å². The molecule has 12 nitrogen and oxygen atoms in total. The fourth-order valence-corrected chi connectivity index (χ4v) is 7.20. The Morgan fingerprint density at radius 3 is 1.70 bits per heavy atom. The van der Waals surface area contributed by atoms with E-state index in [9.17, 15) is 23.8 Å². The molecule has 0 amide bonds.